The third-order valence-corrected chi connectivity index (χ3v) is 5.05. The van der Waals surface area contributed by atoms with Crippen LogP contribution in [-0.4, -0.2) is 22.8 Å². The zero-order valence-electron chi connectivity index (χ0n) is 14.2. The van der Waals surface area contributed by atoms with Gasteiger partial charge in [-0.1, -0.05) is 19.3 Å². The molecule has 1 aromatic carbocycles. The summed E-state index contributed by atoms with van der Waals surface area (Å²) in [7, 11) is 1.60. The molecule has 1 aromatic heterocycles. The number of aromatic carboxylic acids is 1. The van der Waals surface area contributed by atoms with Crippen LogP contribution in [0.1, 0.15) is 60.9 Å². The summed E-state index contributed by atoms with van der Waals surface area (Å²) < 4.78 is 7.38. The zero-order chi connectivity index (χ0) is 17.3. The summed E-state index contributed by atoms with van der Waals surface area (Å²) in [4.78, 5) is 23.9. The summed E-state index contributed by atoms with van der Waals surface area (Å²) in [6, 6.07) is 3.75. The second-order valence-corrected chi connectivity index (χ2v) is 6.41. The minimum absolute atomic E-state index is 0.197. The Hall–Kier alpha value is -2.30. The number of fused-ring (bicyclic) bond motifs is 1. The van der Waals surface area contributed by atoms with E-state index in [1.165, 1.54) is 25.5 Å². The summed E-state index contributed by atoms with van der Waals surface area (Å²) in [6.07, 6.45) is 7.41. The summed E-state index contributed by atoms with van der Waals surface area (Å²) in [5.41, 5.74) is 1.27. The van der Waals surface area contributed by atoms with E-state index >= 15 is 0 Å². The number of carbonyl (C=O) groups is 1. The van der Waals surface area contributed by atoms with Crippen molar-refractivity contribution < 1.29 is 14.6 Å². The average Bonchev–Trinajstić information content (AvgIpc) is 2.61. The van der Waals surface area contributed by atoms with Crippen molar-refractivity contribution in [3.05, 3.63) is 39.7 Å². The van der Waals surface area contributed by atoms with Crippen LogP contribution in [0.2, 0.25) is 0 Å². The number of hydrogen-bond acceptors (Lipinski definition) is 3. The first-order valence-electron chi connectivity index (χ1n) is 8.55. The van der Waals surface area contributed by atoms with Gasteiger partial charge < -0.3 is 14.4 Å². The zero-order valence-corrected chi connectivity index (χ0v) is 14.2. The van der Waals surface area contributed by atoms with E-state index in [4.69, 9.17) is 4.74 Å². The molecule has 0 amide bonds. The van der Waals surface area contributed by atoms with Crippen LogP contribution in [-0.2, 0) is 6.54 Å². The molecule has 128 valence electrons. The maximum atomic E-state index is 12.5. The van der Waals surface area contributed by atoms with E-state index in [1.54, 1.807) is 13.2 Å². The molecule has 1 heterocycles. The van der Waals surface area contributed by atoms with Gasteiger partial charge >= 0.3 is 5.97 Å². The molecule has 0 bridgehead atoms. The fraction of sp³-hybridized carbons (Fsp3) is 0.474. The lowest BCUT2D eigenvalue weighted by Crippen LogP contribution is -2.19. The molecule has 0 saturated heterocycles. The number of carboxylic acids is 1. The highest BCUT2D eigenvalue weighted by atomic mass is 16.5. The van der Waals surface area contributed by atoms with Gasteiger partial charge in [-0.15, -0.1) is 0 Å². The Morgan fingerprint density at radius 2 is 2.00 bits per heavy atom. The molecule has 1 N–H and O–H groups in total. The number of ether oxygens (including phenoxy) is 1. The van der Waals surface area contributed by atoms with Crippen molar-refractivity contribution in [1.82, 2.24) is 4.57 Å². The van der Waals surface area contributed by atoms with Gasteiger partial charge in [0.05, 0.1) is 18.0 Å². The molecule has 1 saturated carbocycles. The number of hydrogen-bond donors (Lipinski definition) is 1. The van der Waals surface area contributed by atoms with Gasteiger partial charge in [0, 0.05) is 12.7 Å². The summed E-state index contributed by atoms with van der Waals surface area (Å²) in [6.45, 7) is 2.55. The number of methoxy groups -OCH3 is 1. The normalized spacial score (nSPS) is 15.6. The number of carboxylic acid groups (broad SMARTS) is 1. The van der Waals surface area contributed by atoms with Crippen LogP contribution in [0, 0.1) is 0 Å². The first kappa shape index (κ1) is 16.6. The number of rotatable bonds is 4. The predicted molar refractivity (Wildman–Crippen MR) is 93.2 cm³/mol. The highest BCUT2D eigenvalue weighted by Gasteiger charge is 2.22. The van der Waals surface area contributed by atoms with Crippen molar-refractivity contribution in [2.75, 3.05) is 7.11 Å². The monoisotopic (exact) mass is 329 g/mol. The standard InChI is InChI=1S/C19H23NO4/c1-3-20-11-15(19(22)23)18(21)14-10-17(24-2)13(9-16(14)20)12-7-5-4-6-8-12/h9-12H,3-8H2,1-2H3,(H,22,23). The molecule has 5 heteroatoms. The van der Waals surface area contributed by atoms with Gasteiger partial charge in [0.15, 0.2) is 0 Å². The second kappa shape index (κ2) is 6.67. The first-order chi connectivity index (χ1) is 11.6. The van der Waals surface area contributed by atoms with E-state index in [0.717, 1.165) is 23.9 Å². The molecule has 0 atom stereocenters. The lowest BCUT2D eigenvalue weighted by atomic mass is 9.83. The van der Waals surface area contributed by atoms with E-state index in [-0.39, 0.29) is 5.56 Å². The lowest BCUT2D eigenvalue weighted by Gasteiger charge is -2.24. The quantitative estimate of drug-likeness (QED) is 0.927. The van der Waals surface area contributed by atoms with Gasteiger partial charge in [-0.3, -0.25) is 4.79 Å². The van der Waals surface area contributed by atoms with Gasteiger partial charge in [-0.05, 0) is 43.4 Å². The van der Waals surface area contributed by atoms with Gasteiger partial charge in [0.2, 0.25) is 5.43 Å². The van der Waals surface area contributed by atoms with Crippen LogP contribution in [0.3, 0.4) is 0 Å². The SMILES string of the molecule is CCn1cc(C(=O)O)c(=O)c2cc(OC)c(C3CCCCC3)cc21. The van der Waals surface area contributed by atoms with E-state index in [2.05, 4.69) is 0 Å². The van der Waals surface area contributed by atoms with Crippen molar-refractivity contribution in [3.8, 4) is 5.75 Å². The van der Waals surface area contributed by atoms with Gasteiger partial charge in [-0.25, -0.2) is 4.79 Å². The Morgan fingerprint density at radius 3 is 2.58 bits per heavy atom. The Kier molecular flexibility index (Phi) is 4.60. The van der Waals surface area contributed by atoms with Crippen LogP contribution in [0.5, 0.6) is 5.75 Å². The number of pyridine rings is 1. The van der Waals surface area contributed by atoms with E-state index in [1.807, 2.05) is 17.6 Å². The van der Waals surface area contributed by atoms with E-state index in [9.17, 15) is 14.7 Å². The lowest BCUT2D eigenvalue weighted by molar-refractivity contribution is 0.0695. The smallest absolute Gasteiger partial charge is 0.341 e. The molecular formula is C19H23NO4. The Labute approximate surface area is 140 Å². The summed E-state index contributed by atoms with van der Waals surface area (Å²) in [5.74, 6) is -0.0613. The fourth-order valence-electron chi connectivity index (χ4n) is 3.76. The molecule has 0 aliphatic heterocycles. The van der Waals surface area contributed by atoms with E-state index in [0.29, 0.717) is 23.6 Å². The highest BCUT2D eigenvalue weighted by molar-refractivity contribution is 5.93. The molecule has 2 aromatic rings. The maximum absolute atomic E-state index is 12.5. The largest absolute Gasteiger partial charge is 0.496 e. The van der Waals surface area contributed by atoms with Crippen molar-refractivity contribution in [1.29, 1.82) is 0 Å². The van der Waals surface area contributed by atoms with Crippen molar-refractivity contribution in [3.63, 3.8) is 0 Å². The Balaban J connectivity index is 2.27. The van der Waals surface area contributed by atoms with Gasteiger partial charge in [0.1, 0.15) is 11.3 Å². The average molecular weight is 329 g/mol. The van der Waals surface area contributed by atoms with E-state index < -0.39 is 11.4 Å². The van der Waals surface area contributed by atoms with Crippen LogP contribution >= 0.6 is 0 Å². The Bertz CT molecular complexity index is 831. The van der Waals surface area contributed by atoms with Crippen LogP contribution in [0.4, 0.5) is 0 Å². The Morgan fingerprint density at radius 1 is 1.29 bits per heavy atom. The van der Waals surface area contributed by atoms with Crippen LogP contribution in [0.15, 0.2) is 23.1 Å². The molecule has 0 spiro atoms. The van der Waals surface area contributed by atoms with Gasteiger partial charge in [-0.2, -0.15) is 0 Å². The maximum Gasteiger partial charge on any atom is 0.341 e. The number of nitrogens with zero attached hydrogens (tertiary/aromatic N) is 1. The second-order valence-electron chi connectivity index (χ2n) is 6.41. The van der Waals surface area contributed by atoms with Crippen molar-refractivity contribution in [2.45, 2.75) is 51.5 Å². The molecule has 0 unspecified atom stereocenters. The minimum Gasteiger partial charge on any atom is -0.496 e. The highest BCUT2D eigenvalue weighted by Crippen LogP contribution is 2.39. The summed E-state index contributed by atoms with van der Waals surface area (Å²) in [5, 5.41) is 9.70. The minimum atomic E-state index is -1.19. The molecule has 3 rings (SSSR count). The van der Waals surface area contributed by atoms with Gasteiger partial charge in [0.25, 0.3) is 0 Å². The van der Waals surface area contributed by atoms with Crippen molar-refractivity contribution >= 4 is 16.9 Å². The third kappa shape index (κ3) is 2.79. The summed E-state index contributed by atoms with van der Waals surface area (Å²) >= 11 is 0. The number of aryl methyl sites for hydroxylation is 1. The number of aromatic nitrogens is 1. The van der Waals surface area contributed by atoms with Crippen LogP contribution < -0.4 is 10.2 Å². The molecule has 24 heavy (non-hydrogen) atoms. The first-order valence-corrected chi connectivity index (χ1v) is 8.55. The molecule has 0 radical (unpaired) electrons. The molecule has 1 aliphatic carbocycles. The molecule has 5 nitrogen and oxygen atoms in total. The molecule has 1 aliphatic rings. The molecular weight excluding hydrogens is 306 g/mol. The third-order valence-electron chi connectivity index (χ3n) is 5.05. The predicted octanol–water partition coefficient (Wildman–Crippen LogP) is 3.78. The fourth-order valence-corrected chi connectivity index (χ4v) is 3.76. The number of benzene rings is 1. The van der Waals surface area contributed by atoms with Crippen LogP contribution in [0.25, 0.3) is 10.9 Å². The topological polar surface area (TPSA) is 68.5 Å². The van der Waals surface area contributed by atoms with Crippen molar-refractivity contribution in [2.24, 2.45) is 0 Å². The molecule has 1 fully saturated rings.